The van der Waals surface area contributed by atoms with E-state index in [0.29, 0.717) is 0 Å². The van der Waals surface area contributed by atoms with Crippen LogP contribution in [0.15, 0.2) is 47.9 Å². The Kier molecular flexibility index (Phi) is 5.45. The lowest BCUT2D eigenvalue weighted by atomic mass is 10.2. The molecule has 0 bridgehead atoms. The fourth-order valence-electron chi connectivity index (χ4n) is 1.72. The van der Waals surface area contributed by atoms with Crippen LogP contribution in [0.4, 0.5) is 11.4 Å². The van der Waals surface area contributed by atoms with Crippen molar-refractivity contribution >= 4 is 23.1 Å². The molecule has 1 atom stereocenters. The number of carbonyl (C=O) groups is 1. The van der Waals surface area contributed by atoms with E-state index in [2.05, 4.69) is 15.6 Å². The van der Waals surface area contributed by atoms with Crippen molar-refractivity contribution in [3.63, 3.8) is 0 Å². The number of anilines is 1. The molecule has 1 unspecified atom stereocenters. The zero-order valence-electron chi connectivity index (χ0n) is 12.8. The molecule has 0 aliphatic carbocycles. The Morgan fingerprint density at radius 1 is 1.54 bits per heavy atom. The van der Waals surface area contributed by atoms with Crippen molar-refractivity contribution < 1.29 is 14.6 Å². The molecule has 0 saturated carbocycles. The van der Waals surface area contributed by atoms with Crippen molar-refractivity contribution in [2.75, 3.05) is 5.32 Å². The zero-order chi connectivity index (χ0) is 17.5. The van der Waals surface area contributed by atoms with E-state index in [-0.39, 0.29) is 23.8 Å². The summed E-state index contributed by atoms with van der Waals surface area (Å²) < 4.78 is 1.55. The summed E-state index contributed by atoms with van der Waals surface area (Å²) in [5.74, 6) is -0.361. The molecule has 10 nitrogen and oxygen atoms in total. The first kappa shape index (κ1) is 16.9. The highest BCUT2D eigenvalue weighted by molar-refractivity contribution is 5.94. The summed E-state index contributed by atoms with van der Waals surface area (Å²) in [5.41, 5.74) is 5.84. The normalized spacial score (nSPS) is 12.5. The lowest BCUT2D eigenvalue weighted by molar-refractivity contribution is -0.384. The lowest BCUT2D eigenvalue weighted by Crippen LogP contribution is -2.28. The second-order valence-corrected chi connectivity index (χ2v) is 4.83. The molecule has 0 fully saturated rings. The van der Waals surface area contributed by atoms with Gasteiger partial charge in [-0.1, -0.05) is 11.2 Å². The quantitative estimate of drug-likeness (QED) is 0.337. The number of nitrogens with two attached hydrogens (primary N) is 1. The molecule has 0 saturated heterocycles. The number of oxime groups is 1. The fraction of sp³-hybridized carbons (Fsp3) is 0.214. The largest absolute Gasteiger partial charge is 0.383 e. The van der Waals surface area contributed by atoms with Gasteiger partial charge >= 0.3 is 0 Å². The molecule has 10 heteroatoms. The monoisotopic (exact) mass is 332 g/mol. The molecular formula is C14H16N6O4. The third-order valence-electron chi connectivity index (χ3n) is 2.90. The maximum atomic E-state index is 12.0. The fourth-order valence-corrected chi connectivity index (χ4v) is 1.72. The second-order valence-electron chi connectivity index (χ2n) is 4.83. The Morgan fingerprint density at radius 3 is 3.00 bits per heavy atom. The predicted molar refractivity (Wildman–Crippen MR) is 86.1 cm³/mol. The third kappa shape index (κ3) is 4.80. The molecule has 2 rings (SSSR count). The van der Waals surface area contributed by atoms with E-state index in [0.717, 1.165) is 0 Å². The van der Waals surface area contributed by atoms with E-state index >= 15 is 0 Å². The van der Waals surface area contributed by atoms with Crippen LogP contribution in [-0.4, -0.2) is 32.6 Å². The number of carbonyl (C=O) groups excluding carboxylic acids is 1. The number of amidine groups is 1. The smallest absolute Gasteiger partial charge is 0.271 e. The molecule has 1 heterocycles. The Balaban J connectivity index is 1.90. The number of hydrogen-bond acceptors (Lipinski definition) is 6. The molecule has 2 aromatic rings. The average Bonchev–Trinajstić information content (AvgIpc) is 3.05. The van der Waals surface area contributed by atoms with Crippen molar-refractivity contribution in [3.8, 4) is 0 Å². The molecule has 24 heavy (non-hydrogen) atoms. The van der Waals surface area contributed by atoms with E-state index in [9.17, 15) is 14.9 Å². The maximum Gasteiger partial charge on any atom is 0.271 e. The SMILES string of the molecule is CC(O/N=C(\N)Cn1cccn1)C(=O)Nc1cccc([N+](=O)[O-])c1. The van der Waals surface area contributed by atoms with Crippen LogP contribution < -0.4 is 11.1 Å². The van der Waals surface area contributed by atoms with Crippen LogP contribution in [0, 0.1) is 10.1 Å². The van der Waals surface area contributed by atoms with E-state index in [1.807, 2.05) is 0 Å². The van der Waals surface area contributed by atoms with Gasteiger partial charge in [0, 0.05) is 30.2 Å². The van der Waals surface area contributed by atoms with Crippen LogP contribution in [-0.2, 0) is 16.2 Å². The standard InChI is InChI=1S/C14H16N6O4/c1-10(24-18-13(15)9-19-7-3-6-16-19)14(21)17-11-4-2-5-12(8-11)20(22)23/h2-8,10H,9H2,1H3,(H2,15,18)(H,17,21). The molecule has 1 aromatic heterocycles. The minimum atomic E-state index is -0.930. The summed E-state index contributed by atoms with van der Waals surface area (Å²) in [6.07, 6.45) is 2.38. The van der Waals surface area contributed by atoms with Crippen LogP contribution in [0.5, 0.6) is 0 Å². The number of aromatic nitrogens is 2. The van der Waals surface area contributed by atoms with E-state index in [1.165, 1.54) is 31.2 Å². The van der Waals surface area contributed by atoms with Crippen molar-refractivity contribution in [1.29, 1.82) is 0 Å². The lowest BCUT2D eigenvalue weighted by Gasteiger charge is -2.11. The summed E-state index contributed by atoms with van der Waals surface area (Å²) >= 11 is 0. The number of nitrogens with zero attached hydrogens (tertiary/aromatic N) is 4. The van der Waals surface area contributed by atoms with Crippen LogP contribution >= 0.6 is 0 Å². The first-order valence-corrected chi connectivity index (χ1v) is 6.96. The van der Waals surface area contributed by atoms with E-state index in [1.54, 1.807) is 23.1 Å². The van der Waals surface area contributed by atoms with Crippen LogP contribution in [0.2, 0.25) is 0 Å². The van der Waals surface area contributed by atoms with Gasteiger partial charge in [0.2, 0.25) is 6.10 Å². The number of nitrogens with one attached hydrogen (secondary N) is 1. The first-order valence-electron chi connectivity index (χ1n) is 6.96. The van der Waals surface area contributed by atoms with Gasteiger partial charge in [-0.25, -0.2) is 0 Å². The minimum Gasteiger partial charge on any atom is -0.383 e. The number of amides is 1. The number of non-ortho nitro benzene ring substituents is 1. The molecule has 0 radical (unpaired) electrons. The number of hydrogen-bond donors (Lipinski definition) is 2. The van der Waals surface area contributed by atoms with E-state index < -0.39 is 16.9 Å². The Labute approximate surface area is 137 Å². The number of rotatable bonds is 7. The van der Waals surface area contributed by atoms with Crippen molar-refractivity contribution in [2.45, 2.75) is 19.6 Å². The van der Waals surface area contributed by atoms with Gasteiger partial charge in [-0.05, 0) is 19.1 Å². The average molecular weight is 332 g/mol. The molecule has 3 N–H and O–H groups in total. The molecule has 0 aliphatic heterocycles. The number of nitro benzene ring substituents is 1. The predicted octanol–water partition coefficient (Wildman–Crippen LogP) is 1.11. The van der Waals surface area contributed by atoms with Gasteiger partial charge < -0.3 is 15.9 Å². The van der Waals surface area contributed by atoms with Gasteiger partial charge in [-0.2, -0.15) is 5.10 Å². The molecular weight excluding hydrogens is 316 g/mol. The number of benzene rings is 1. The summed E-state index contributed by atoms with van der Waals surface area (Å²) in [4.78, 5) is 27.2. The summed E-state index contributed by atoms with van der Waals surface area (Å²) in [5, 5.41) is 20.9. The van der Waals surface area contributed by atoms with Crippen LogP contribution in [0.3, 0.4) is 0 Å². The molecule has 0 aliphatic rings. The van der Waals surface area contributed by atoms with Gasteiger partial charge in [0.1, 0.15) is 6.54 Å². The van der Waals surface area contributed by atoms with Gasteiger partial charge in [0.15, 0.2) is 5.84 Å². The van der Waals surface area contributed by atoms with Crippen LogP contribution in [0.25, 0.3) is 0 Å². The number of nitro groups is 1. The van der Waals surface area contributed by atoms with Crippen molar-refractivity contribution in [1.82, 2.24) is 9.78 Å². The summed E-state index contributed by atoms with van der Waals surface area (Å²) in [6.45, 7) is 1.71. The zero-order valence-corrected chi connectivity index (χ0v) is 12.8. The van der Waals surface area contributed by atoms with Gasteiger partial charge in [-0.15, -0.1) is 0 Å². The second kappa shape index (κ2) is 7.72. The van der Waals surface area contributed by atoms with E-state index in [4.69, 9.17) is 10.6 Å². The third-order valence-corrected chi connectivity index (χ3v) is 2.90. The molecule has 0 spiro atoms. The highest BCUT2D eigenvalue weighted by atomic mass is 16.6. The maximum absolute atomic E-state index is 12.0. The topological polar surface area (TPSA) is 138 Å². The van der Waals surface area contributed by atoms with Gasteiger partial charge in [0.05, 0.1) is 4.92 Å². The minimum absolute atomic E-state index is 0.122. The molecule has 126 valence electrons. The Hall–Kier alpha value is -3.43. The van der Waals surface area contributed by atoms with Crippen molar-refractivity contribution in [3.05, 3.63) is 52.8 Å². The van der Waals surface area contributed by atoms with Crippen LogP contribution in [0.1, 0.15) is 6.92 Å². The molecule has 1 amide bonds. The Morgan fingerprint density at radius 2 is 2.33 bits per heavy atom. The van der Waals surface area contributed by atoms with Gasteiger partial charge in [-0.3, -0.25) is 19.6 Å². The summed E-state index contributed by atoms with van der Waals surface area (Å²) in [7, 11) is 0. The Bertz CT molecular complexity index is 743. The highest BCUT2D eigenvalue weighted by Crippen LogP contribution is 2.17. The van der Waals surface area contributed by atoms with Gasteiger partial charge in [0.25, 0.3) is 11.6 Å². The first-order chi connectivity index (χ1) is 11.5. The van der Waals surface area contributed by atoms with Crippen molar-refractivity contribution in [2.24, 2.45) is 10.9 Å². The highest BCUT2D eigenvalue weighted by Gasteiger charge is 2.16. The molecule has 1 aromatic carbocycles. The summed E-state index contributed by atoms with van der Waals surface area (Å²) in [6, 6.07) is 7.32.